The Hall–Kier alpha value is -1.84. The SMILES string of the molecule is CC(C(=O)O)c1ccc(NC(=O)CCCC2CCCC2)cc1. The van der Waals surface area contributed by atoms with Gasteiger partial charge in [-0.15, -0.1) is 0 Å². The van der Waals surface area contributed by atoms with E-state index in [1.807, 2.05) is 0 Å². The van der Waals surface area contributed by atoms with Gasteiger partial charge in [-0.2, -0.15) is 0 Å². The highest BCUT2D eigenvalue weighted by Gasteiger charge is 2.15. The number of nitrogens with one attached hydrogen (secondary N) is 1. The lowest BCUT2D eigenvalue weighted by Crippen LogP contribution is -2.12. The number of carbonyl (C=O) groups excluding carboxylic acids is 1. The van der Waals surface area contributed by atoms with Crippen molar-refractivity contribution in [2.24, 2.45) is 5.92 Å². The molecular formula is C18H25NO3. The van der Waals surface area contributed by atoms with Crippen LogP contribution in [0.15, 0.2) is 24.3 Å². The van der Waals surface area contributed by atoms with Crippen LogP contribution in [0, 0.1) is 5.92 Å². The highest BCUT2D eigenvalue weighted by molar-refractivity contribution is 5.90. The maximum atomic E-state index is 11.9. The molecule has 4 nitrogen and oxygen atoms in total. The third-order valence-corrected chi connectivity index (χ3v) is 4.56. The molecule has 1 atom stereocenters. The van der Waals surface area contributed by atoms with Crippen molar-refractivity contribution in [2.45, 2.75) is 57.8 Å². The second-order valence-electron chi connectivity index (χ2n) is 6.27. The highest BCUT2D eigenvalue weighted by atomic mass is 16.4. The lowest BCUT2D eigenvalue weighted by molar-refractivity contribution is -0.138. The van der Waals surface area contributed by atoms with Crippen molar-refractivity contribution < 1.29 is 14.7 Å². The number of anilines is 1. The van der Waals surface area contributed by atoms with Gasteiger partial charge >= 0.3 is 5.97 Å². The van der Waals surface area contributed by atoms with Crippen LogP contribution in [0.1, 0.15) is 63.4 Å². The number of benzene rings is 1. The van der Waals surface area contributed by atoms with Gasteiger partial charge in [0.25, 0.3) is 0 Å². The number of hydrogen-bond acceptors (Lipinski definition) is 2. The van der Waals surface area contributed by atoms with E-state index < -0.39 is 11.9 Å². The van der Waals surface area contributed by atoms with E-state index in [1.54, 1.807) is 31.2 Å². The molecule has 0 aliphatic heterocycles. The van der Waals surface area contributed by atoms with Gasteiger partial charge in [0.05, 0.1) is 5.92 Å². The zero-order chi connectivity index (χ0) is 15.9. The van der Waals surface area contributed by atoms with Crippen molar-refractivity contribution in [3.63, 3.8) is 0 Å². The Morgan fingerprint density at radius 2 is 1.86 bits per heavy atom. The first kappa shape index (κ1) is 16.5. The van der Waals surface area contributed by atoms with E-state index in [0.717, 1.165) is 30.0 Å². The summed E-state index contributed by atoms with van der Waals surface area (Å²) in [5.74, 6) is -0.513. The molecule has 1 aromatic carbocycles. The van der Waals surface area contributed by atoms with Crippen LogP contribution < -0.4 is 5.32 Å². The van der Waals surface area contributed by atoms with Gasteiger partial charge < -0.3 is 10.4 Å². The van der Waals surface area contributed by atoms with E-state index in [9.17, 15) is 9.59 Å². The quantitative estimate of drug-likeness (QED) is 0.794. The number of rotatable bonds is 7. The molecule has 0 radical (unpaired) electrons. The first-order valence-corrected chi connectivity index (χ1v) is 8.19. The molecule has 1 unspecified atom stereocenters. The minimum Gasteiger partial charge on any atom is -0.481 e. The van der Waals surface area contributed by atoms with Crippen molar-refractivity contribution in [1.82, 2.24) is 0 Å². The maximum absolute atomic E-state index is 11.9. The van der Waals surface area contributed by atoms with E-state index in [-0.39, 0.29) is 5.91 Å². The lowest BCUT2D eigenvalue weighted by atomic mass is 10.0. The van der Waals surface area contributed by atoms with Gasteiger partial charge in [-0.3, -0.25) is 9.59 Å². The fraction of sp³-hybridized carbons (Fsp3) is 0.556. The van der Waals surface area contributed by atoms with Crippen LogP contribution in [0.4, 0.5) is 5.69 Å². The van der Waals surface area contributed by atoms with Crippen molar-refractivity contribution in [3.05, 3.63) is 29.8 Å². The summed E-state index contributed by atoms with van der Waals surface area (Å²) < 4.78 is 0. The Kier molecular flexibility index (Phi) is 5.99. The molecule has 2 rings (SSSR count). The molecule has 22 heavy (non-hydrogen) atoms. The lowest BCUT2D eigenvalue weighted by Gasteiger charge is -2.10. The molecular weight excluding hydrogens is 278 g/mol. The molecule has 1 saturated carbocycles. The molecule has 1 aromatic rings. The summed E-state index contributed by atoms with van der Waals surface area (Å²) in [6.07, 6.45) is 8.00. The Morgan fingerprint density at radius 1 is 1.23 bits per heavy atom. The van der Waals surface area contributed by atoms with Gasteiger partial charge in [0.1, 0.15) is 0 Å². The van der Waals surface area contributed by atoms with Crippen molar-refractivity contribution in [3.8, 4) is 0 Å². The molecule has 120 valence electrons. The van der Waals surface area contributed by atoms with Crippen LogP contribution in [0.25, 0.3) is 0 Å². The van der Waals surface area contributed by atoms with Crippen LogP contribution in [0.3, 0.4) is 0 Å². The zero-order valence-electron chi connectivity index (χ0n) is 13.2. The fourth-order valence-electron chi connectivity index (χ4n) is 3.07. The predicted molar refractivity (Wildman–Crippen MR) is 86.9 cm³/mol. The summed E-state index contributed by atoms with van der Waals surface area (Å²) in [6, 6.07) is 7.05. The summed E-state index contributed by atoms with van der Waals surface area (Å²) in [4.78, 5) is 22.8. The van der Waals surface area contributed by atoms with Gasteiger partial charge in [0, 0.05) is 12.1 Å². The number of aliphatic carboxylic acids is 1. The van der Waals surface area contributed by atoms with Gasteiger partial charge in [-0.05, 0) is 43.4 Å². The standard InChI is InChI=1S/C18H25NO3/c1-13(18(21)22)15-9-11-16(12-10-15)19-17(20)8-4-7-14-5-2-3-6-14/h9-14H,2-8H2,1H3,(H,19,20)(H,21,22). The van der Waals surface area contributed by atoms with Crippen LogP contribution in [0.5, 0.6) is 0 Å². The van der Waals surface area contributed by atoms with Crippen molar-refractivity contribution >= 4 is 17.6 Å². The second-order valence-corrected chi connectivity index (χ2v) is 6.27. The molecule has 1 aliphatic carbocycles. The van der Waals surface area contributed by atoms with E-state index in [0.29, 0.717) is 6.42 Å². The van der Waals surface area contributed by atoms with E-state index in [2.05, 4.69) is 5.32 Å². The summed E-state index contributed by atoms with van der Waals surface area (Å²) in [5, 5.41) is 11.8. The van der Waals surface area contributed by atoms with Crippen molar-refractivity contribution in [2.75, 3.05) is 5.32 Å². The third-order valence-electron chi connectivity index (χ3n) is 4.56. The predicted octanol–water partition coefficient (Wildman–Crippen LogP) is 4.17. The van der Waals surface area contributed by atoms with Crippen LogP contribution >= 0.6 is 0 Å². The average molecular weight is 303 g/mol. The summed E-state index contributed by atoms with van der Waals surface area (Å²) in [7, 11) is 0. The van der Waals surface area contributed by atoms with Crippen molar-refractivity contribution in [1.29, 1.82) is 0 Å². The molecule has 0 saturated heterocycles. The molecule has 1 fully saturated rings. The number of carboxylic acids is 1. The Balaban J connectivity index is 1.75. The molecule has 1 aliphatic rings. The van der Waals surface area contributed by atoms with Crippen LogP contribution in [0.2, 0.25) is 0 Å². The Labute approximate surface area is 131 Å². The normalized spacial score (nSPS) is 16.4. The largest absolute Gasteiger partial charge is 0.481 e. The highest BCUT2D eigenvalue weighted by Crippen LogP contribution is 2.29. The maximum Gasteiger partial charge on any atom is 0.310 e. The Bertz CT molecular complexity index is 504. The molecule has 0 spiro atoms. The number of hydrogen-bond donors (Lipinski definition) is 2. The minimum atomic E-state index is -0.844. The monoisotopic (exact) mass is 303 g/mol. The van der Waals surface area contributed by atoms with Gasteiger partial charge in [0.2, 0.25) is 5.91 Å². The van der Waals surface area contributed by atoms with Crippen LogP contribution in [-0.2, 0) is 9.59 Å². The minimum absolute atomic E-state index is 0.0389. The third kappa shape index (κ3) is 4.86. The molecule has 2 N–H and O–H groups in total. The number of amides is 1. The van der Waals surface area contributed by atoms with Gasteiger partial charge in [-0.1, -0.05) is 37.8 Å². The first-order valence-electron chi connectivity index (χ1n) is 8.19. The Morgan fingerprint density at radius 3 is 2.45 bits per heavy atom. The summed E-state index contributed by atoms with van der Waals surface area (Å²) in [5.41, 5.74) is 1.47. The molecule has 1 amide bonds. The van der Waals surface area contributed by atoms with Crippen LogP contribution in [-0.4, -0.2) is 17.0 Å². The van der Waals surface area contributed by atoms with E-state index >= 15 is 0 Å². The molecule has 0 aromatic heterocycles. The topological polar surface area (TPSA) is 66.4 Å². The van der Waals surface area contributed by atoms with E-state index in [1.165, 1.54) is 25.7 Å². The molecule has 4 heteroatoms. The van der Waals surface area contributed by atoms with Gasteiger partial charge in [0.15, 0.2) is 0 Å². The second kappa shape index (κ2) is 7.97. The number of carbonyl (C=O) groups is 2. The zero-order valence-corrected chi connectivity index (χ0v) is 13.2. The van der Waals surface area contributed by atoms with Gasteiger partial charge in [-0.25, -0.2) is 0 Å². The first-order chi connectivity index (χ1) is 10.6. The summed E-state index contributed by atoms with van der Waals surface area (Å²) >= 11 is 0. The molecule has 0 bridgehead atoms. The average Bonchev–Trinajstić information content (AvgIpc) is 3.00. The fourth-order valence-corrected chi connectivity index (χ4v) is 3.07. The smallest absolute Gasteiger partial charge is 0.310 e. The number of carboxylic acid groups (broad SMARTS) is 1. The van der Waals surface area contributed by atoms with E-state index in [4.69, 9.17) is 5.11 Å². The molecule has 0 heterocycles. The summed E-state index contributed by atoms with van der Waals surface area (Å²) in [6.45, 7) is 1.65.